The molecule has 2 aliphatic heterocycles. The second-order valence-electron chi connectivity index (χ2n) is 8.76. The first-order valence-corrected chi connectivity index (χ1v) is 10.3. The number of nitrogens with zero attached hydrogens (tertiary/aromatic N) is 5. The van der Waals surface area contributed by atoms with Crippen LogP contribution in [-0.4, -0.2) is 95.0 Å². The van der Waals surface area contributed by atoms with Gasteiger partial charge in [-0.15, -0.1) is 0 Å². The van der Waals surface area contributed by atoms with E-state index in [0.29, 0.717) is 12.4 Å². The Balaban J connectivity index is 1.69. The van der Waals surface area contributed by atoms with E-state index < -0.39 is 11.6 Å². The van der Waals surface area contributed by atoms with Gasteiger partial charge in [0, 0.05) is 38.8 Å². The van der Waals surface area contributed by atoms with E-state index in [4.69, 9.17) is 9.47 Å². The molecule has 0 aliphatic carbocycles. The summed E-state index contributed by atoms with van der Waals surface area (Å²) in [5, 5.41) is 9.40. The Bertz CT molecular complexity index is 773. The normalized spacial score (nSPS) is 20.3. The van der Waals surface area contributed by atoms with Crippen LogP contribution in [0.1, 0.15) is 44.2 Å². The Morgan fingerprint density at radius 2 is 1.87 bits per heavy atom. The van der Waals surface area contributed by atoms with E-state index in [0.717, 1.165) is 39.0 Å². The van der Waals surface area contributed by atoms with Crippen molar-refractivity contribution in [3.05, 3.63) is 11.9 Å². The maximum absolute atomic E-state index is 12.4. The van der Waals surface area contributed by atoms with Gasteiger partial charge in [0.25, 0.3) is 0 Å². The number of aromatic nitrogens is 2. The number of carboxylic acids is 1. The first kappa shape index (κ1) is 22.1. The summed E-state index contributed by atoms with van der Waals surface area (Å²) in [5.41, 5.74) is -0.564. The van der Waals surface area contributed by atoms with Crippen LogP contribution in [0.3, 0.4) is 0 Å². The molecule has 10 nitrogen and oxygen atoms in total. The van der Waals surface area contributed by atoms with Gasteiger partial charge in [0.2, 0.25) is 11.7 Å². The number of carbonyl (C=O) groups is 2. The number of anilines is 1. The highest BCUT2D eigenvalue weighted by molar-refractivity contribution is 5.83. The van der Waals surface area contributed by atoms with Crippen LogP contribution in [0.25, 0.3) is 0 Å². The third-order valence-electron chi connectivity index (χ3n) is 5.14. The van der Waals surface area contributed by atoms with Gasteiger partial charge < -0.3 is 29.3 Å². The third kappa shape index (κ3) is 5.71. The molecule has 0 saturated carbocycles. The van der Waals surface area contributed by atoms with Crippen LogP contribution in [0.2, 0.25) is 0 Å². The van der Waals surface area contributed by atoms with Crippen molar-refractivity contribution < 1.29 is 24.2 Å². The predicted molar refractivity (Wildman–Crippen MR) is 110 cm³/mol. The molecule has 2 aliphatic rings. The number of carbonyl (C=O) groups excluding carboxylic acids is 1. The summed E-state index contributed by atoms with van der Waals surface area (Å²) < 4.78 is 11.3. The quantitative estimate of drug-likeness (QED) is 0.760. The SMILES string of the molecule is CN1CCN(c2cc(OC[C@@H]3CCCN3C(=O)OC(C)(C)C)nc(C(=O)O)n2)CC1. The molecule has 2 fully saturated rings. The van der Waals surface area contributed by atoms with E-state index in [9.17, 15) is 14.7 Å². The molecule has 1 aromatic rings. The smallest absolute Gasteiger partial charge is 0.410 e. The molecule has 0 aromatic carbocycles. The van der Waals surface area contributed by atoms with Gasteiger partial charge in [-0.2, -0.15) is 4.98 Å². The monoisotopic (exact) mass is 421 g/mol. The maximum Gasteiger partial charge on any atom is 0.410 e. The summed E-state index contributed by atoms with van der Waals surface area (Å²) in [6.07, 6.45) is 1.30. The Morgan fingerprint density at radius 1 is 1.17 bits per heavy atom. The van der Waals surface area contributed by atoms with E-state index in [1.807, 2.05) is 32.7 Å². The fourth-order valence-electron chi connectivity index (χ4n) is 3.53. The number of aromatic carboxylic acids is 1. The Morgan fingerprint density at radius 3 is 2.50 bits per heavy atom. The minimum absolute atomic E-state index is 0.143. The molecule has 2 saturated heterocycles. The predicted octanol–water partition coefficient (Wildman–Crippen LogP) is 1.70. The van der Waals surface area contributed by atoms with Gasteiger partial charge in [-0.3, -0.25) is 0 Å². The van der Waals surface area contributed by atoms with E-state index in [-0.39, 0.29) is 30.4 Å². The van der Waals surface area contributed by atoms with E-state index >= 15 is 0 Å². The molecule has 0 spiro atoms. The molecule has 0 radical (unpaired) electrons. The molecular formula is C20H31N5O5. The summed E-state index contributed by atoms with van der Waals surface area (Å²) in [6.45, 7) is 9.58. The second-order valence-corrected chi connectivity index (χ2v) is 8.76. The highest BCUT2D eigenvalue weighted by Crippen LogP contribution is 2.23. The number of ether oxygens (including phenoxy) is 2. The highest BCUT2D eigenvalue weighted by Gasteiger charge is 2.33. The summed E-state index contributed by atoms with van der Waals surface area (Å²) in [5.74, 6) is -0.753. The van der Waals surface area contributed by atoms with Gasteiger partial charge in [0.15, 0.2) is 0 Å². The van der Waals surface area contributed by atoms with Crippen LogP contribution in [0.5, 0.6) is 5.88 Å². The van der Waals surface area contributed by atoms with Gasteiger partial charge in [-0.05, 0) is 40.7 Å². The van der Waals surface area contributed by atoms with E-state index in [1.165, 1.54) is 0 Å². The average Bonchev–Trinajstić information content (AvgIpc) is 3.14. The first-order valence-electron chi connectivity index (χ1n) is 10.3. The van der Waals surface area contributed by atoms with Gasteiger partial charge >= 0.3 is 12.1 Å². The molecule has 0 bridgehead atoms. The largest absolute Gasteiger partial charge is 0.475 e. The van der Waals surface area contributed by atoms with Crippen molar-refractivity contribution in [2.45, 2.75) is 45.3 Å². The van der Waals surface area contributed by atoms with Gasteiger partial charge in [0.05, 0.1) is 6.04 Å². The van der Waals surface area contributed by atoms with Crippen LogP contribution in [0, 0.1) is 0 Å². The molecule has 1 N–H and O–H groups in total. The topological polar surface area (TPSA) is 108 Å². The molecule has 166 valence electrons. The number of piperazine rings is 1. The zero-order chi connectivity index (χ0) is 21.9. The van der Waals surface area contributed by atoms with E-state index in [1.54, 1.807) is 11.0 Å². The summed E-state index contributed by atoms with van der Waals surface area (Å²) in [4.78, 5) is 38.1. The number of rotatable bonds is 5. The fourth-order valence-corrected chi connectivity index (χ4v) is 3.53. The van der Waals surface area contributed by atoms with Crippen molar-refractivity contribution in [3.8, 4) is 5.88 Å². The lowest BCUT2D eigenvalue weighted by Crippen LogP contribution is -2.45. The number of likely N-dealkylation sites (tertiary alicyclic amines) is 1. The Hall–Kier alpha value is -2.62. The molecule has 3 heterocycles. The zero-order valence-electron chi connectivity index (χ0n) is 18.1. The standard InChI is InChI=1S/C20H31N5O5/c1-20(2,3)30-19(28)25-7-5-6-14(25)13-29-16-12-15(21-17(22-16)18(26)27)24-10-8-23(4)9-11-24/h12,14H,5-11,13H2,1-4H3,(H,26,27)/t14-/m0/s1. The van der Waals surface area contributed by atoms with Gasteiger partial charge in [-0.25, -0.2) is 14.6 Å². The summed E-state index contributed by atoms with van der Waals surface area (Å²) >= 11 is 0. The number of carboxylic acid groups (broad SMARTS) is 1. The zero-order valence-corrected chi connectivity index (χ0v) is 18.1. The first-order chi connectivity index (χ1) is 14.1. The number of hydrogen-bond acceptors (Lipinski definition) is 8. The van der Waals surface area contributed by atoms with Crippen LogP contribution in [-0.2, 0) is 4.74 Å². The summed E-state index contributed by atoms with van der Waals surface area (Å²) in [7, 11) is 2.05. The minimum atomic E-state index is -1.20. The second kappa shape index (κ2) is 9.03. The number of likely N-dealkylation sites (N-methyl/N-ethyl adjacent to an activating group) is 1. The lowest BCUT2D eigenvalue weighted by molar-refractivity contribution is 0.0185. The van der Waals surface area contributed by atoms with Crippen LogP contribution in [0.15, 0.2) is 6.07 Å². The Kier molecular flexibility index (Phi) is 6.64. The maximum atomic E-state index is 12.4. The molecular weight excluding hydrogens is 390 g/mol. The van der Waals surface area contributed by atoms with Crippen molar-refractivity contribution in [1.29, 1.82) is 0 Å². The average molecular weight is 421 g/mol. The molecule has 3 rings (SSSR count). The van der Waals surface area contributed by atoms with Crippen LogP contribution in [0.4, 0.5) is 10.6 Å². The van der Waals surface area contributed by atoms with Crippen molar-refractivity contribution in [1.82, 2.24) is 19.8 Å². The molecule has 10 heteroatoms. The Labute approximate surface area is 176 Å². The summed E-state index contributed by atoms with van der Waals surface area (Å²) in [6, 6.07) is 1.53. The van der Waals surface area contributed by atoms with Crippen molar-refractivity contribution in [2.24, 2.45) is 0 Å². The van der Waals surface area contributed by atoms with Gasteiger partial charge in [-0.1, -0.05) is 0 Å². The molecule has 1 aromatic heterocycles. The third-order valence-corrected chi connectivity index (χ3v) is 5.14. The highest BCUT2D eigenvalue weighted by atomic mass is 16.6. The van der Waals surface area contributed by atoms with Gasteiger partial charge in [0.1, 0.15) is 18.0 Å². The number of amides is 1. The van der Waals surface area contributed by atoms with Crippen molar-refractivity contribution in [2.75, 3.05) is 51.3 Å². The molecule has 1 amide bonds. The fraction of sp³-hybridized carbons (Fsp3) is 0.700. The number of hydrogen-bond donors (Lipinski definition) is 1. The van der Waals surface area contributed by atoms with Crippen LogP contribution >= 0.6 is 0 Å². The van der Waals surface area contributed by atoms with Crippen molar-refractivity contribution in [3.63, 3.8) is 0 Å². The molecule has 1 atom stereocenters. The lowest BCUT2D eigenvalue weighted by atomic mass is 10.2. The van der Waals surface area contributed by atoms with Crippen molar-refractivity contribution >= 4 is 17.9 Å². The molecule has 30 heavy (non-hydrogen) atoms. The lowest BCUT2D eigenvalue weighted by Gasteiger charge is -2.33. The van der Waals surface area contributed by atoms with Crippen LogP contribution < -0.4 is 9.64 Å². The molecule has 0 unspecified atom stereocenters. The van der Waals surface area contributed by atoms with E-state index in [2.05, 4.69) is 14.9 Å². The minimum Gasteiger partial charge on any atom is -0.475 e.